The minimum Gasteiger partial charge on any atom is -0.454 e. The highest BCUT2D eigenvalue weighted by Gasteiger charge is 2.23. The Bertz CT molecular complexity index is 3400. The fourth-order valence-corrected chi connectivity index (χ4v) is 8.65. The van der Waals surface area contributed by atoms with E-state index in [1.54, 1.807) is 0 Å². The molecule has 0 saturated heterocycles. The van der Waals surface area contributed by atoms with Crippen LogP contribution in [0.25, 0.3) is 111 Å². The minimum atomic E-state index is 0.617. The van der Waals surface area contributed by atoms with Crippen LogP contribution in [0.15, 0.2) is 192 Å². The summed E-state index contributed by atoms with van der Waals surface area (Å²) in [6, 6.07) is 65.4. The summed E-state index contributed by atoms with van der Waals surface area (Å²) in [5, 5.41) is 6.77. The number of fused-ring (bicyclic) bond motifs is 10. The van der Waals surface area contributed by atoms with E-state index in [1.807, 2.05) is 60.7 Å². The summed E-state index contributed by atoms with van der Waals surface area (Å²) in [5.41, 5.74) is 11.0. The van der Waals surface area contributed by atoms with Crippen LogP contribution < -0.4 is 0 Å². The Kier molecular flexibility index (Phi) is 6.83. The second kappa shape index (κ2) is 12.3. The van der Waals surface area contributed by atoms with Crippen LogP contribution in [0.2, 0.25) is 0 Å². The maximum atomic E-state index is 7.00. The molecule has 4 aromatic heterocycles. The number of aromatic nitrogens is 5. The van der Waals surface area contributed by atoms with Crippen molar-refractivity contribution in [1.29, 1.82) is 0 Å². The highest BCUT2D eigenvalue weighted by Crippen LogP contribution is 2.44. The lowest BCUT2D eigenvalue weighted by atomic mass is 10.1. The largest absolute Gasteiger partial charge is 0.454 e. The molecule has 12 rings (SSSR count). The van der Waals surface area contributed by atoms with Gasteiger partial charge >= 0.3 is 0 Å². The molecular weight excluding hydrogens is 699 g/mol. The van der Waals surface area contributed by atoms with Gasteiger partial charge in [-0.05, 0) is 60.7 Å². The zero-order valence-corrected chi connectivity index (χ0v) is 30.5. The van der Waals surface area contributed by atoms with Crippen LogP contribution in [0.3, 0.4) is 0 Å². The third kappa shape index (κ3) is 4.81. The summed E-state index contributed by atoms with van der Waals surface area (Å²) in [4.78, 5) is 15.0. The van der Waals surface area contributed by atoms with Gasteiger partial charge in [-0.25, -0.2) is 15.0 Å². The van der Waals surface area contributed by atoms with Crippen molar-refractivity contribution in [2.45, 2.75) is 0 Å². The van der Waals surface area contributed by atoms with Crippen LogP contribution >= 0.6 is 0 Å². The molecule has 57 heavy (non-hydrogen) atoms. The van der Waals surface area contributed by atoms with E-state index >= 15 is 0 Å². The van der Waals surface area contributed by atoms with E-state index in [4.69, 9.17) is 19.4 Å². The summed E-state index contributed by atoms with van der Waals surface area (Å²) in [7, 11) is 0. The number of furan rings is 1. The zero-order chi connectivity index (χ0) is 37.5. The first-order valence-corrected chi connectivity index (χ1v) is 19.1. The summed E-state index contributed by atoms with van der Waals surface area (Å²) in [5.74, 6) is 1.88. The molecule has 4 heterocycles. The molecule has 0 N–H and O–H groups in total. The first kappa shape index (κ1) is 31.5. The van der Waals surface area contributed by atoms with Gasteiger partial charge in [0, 0.05) is 49.3 Å². The van der Waals surface area contributed by atoms with Gasteiger partial charge in [0.15, 0.2) is 23.1 Å². The molecule has 0 spiro atoms. The predicted molar refractivity (Wildman–Crippen MR) is 232 cm³/mol. The van der Waals surface area contributed by atoms with E-state index in [2.05, 4.69) is 137 Å². The fraction of sp³-hybridized carbons (Fsp3) is 0. The number of hydrogen-bond donors (Lipinski definition) is 0. The molecular formula is C51H31N5O. The van der Waals surface area contributed by atoms with Crippen LogP contribution in [0.5, 0.6) is 0 Å². The number of hydrogen-bond acceptors (Lipinski definition) is 4. The lowest BCUT2D eigenvalue weighted by Gasteiger charge is -2.10. The van der Waals surface area contributed by atoms with Crippen LogP contribution in [-0.4, -0.2) is 24.1 Å². The van der Waals surface area contributed by atoms with Crippen molar-refractivity contribution in [1.82, 2.24) is 24.1 Å². The molecule has 0 bridgehead atoms. The molecule has 6 nitrogen and oxygen atoms in total. The second-order valence-electron chi connectivity index (χ2n) is 14.4. The molecule has 0 aliphatic carbocycles. The third-order valence-corrected chi connectivity index (χ3v) is 11.2. The molecule has 0 atom stereocenters. The lowest BCUT2D eigenvalue weighted by molar-refractivity contribution is 0.671. The van der Waals surface area contributed by atoms with E-state index in [-0.39, 0.29) is 0 Å². The molecule has 0 saturated carbocycles. The van der Waals surface area contributed by atoms with Gasteiger partial charge in [0.25, 0.3) is 0 Å². The van der Waals surface area contributed by atoms with Crippen molar-refractivity contribution in [3.8, 4) is 45.5 Å². The summed E-state index contributed by atoms with van der Waals surface area (Å²) >= 11 is 0. The third-order valence-electron chi connectivity index (χ3n) is 11.2. The molecule has 6 heteroatoms. The number of rotatable bonds is 5. The topological polar surface area (TPSA) is 61.7 Å². The van der Waals surface area contributed by atoms with Crippen LogP contribution in [0.1, 0.15) is 0 Å². The van der Waals surface area contributed by atoms with E-state index in [1.165, 1.54) is 10.8 Å². The van der Waals surface area contributed by atoms with Crippen LogP contribution in [-0.2, 0) is 0 Å². The van der Waals surface area contributed by atoms with Gasteiger partial charge in [0.1, 0.15) is 5.58 Å². The molecule has 12 aromatic rings. The van der Waals surface area contributed by atoms with E-state index in [0.29, 0.717) is 17.5 Å². The van der Waals surface area contributed by atoms with Crippen molar-refractivity contribution < 1.29 is 4.42 Å². The molecule has 266 valence electrons. The monoisotopic (exact) mass is 729 g/mol. The Morgan fingerprint density at radius 2 is 0.912 bits per heavy atom. The maximum absolute atomic E-state index is 7.00. The van der Waals surface area contributed by atoms with Crippen LogP contribution in [0.4, 0.5) is 0 Å². The summed E-state index contributed by atoms with van der Waals surface area (Å²) in [6.07, 6.45) is 0. The molecule has 0 aliphatic rings. The Morgan fingerprint density at radius 3 is 1.56 bits per heavy atom. The Balaban J connectivity index is 1.13. The molecule has 0 amide bonds. The van der Waals surface area contributed by atoms with Crippen molar-refractivity contribution in [3.05, 3.63) is 188 Å². The first-order valence-electron chi connectivity index (χ1n) is 19.1. The van der Waals surface area contributed by atoms with Gasteiger partial charge in [-0.1, -0.05) is 127 Å². The van der Waals surface area contributed by atoms with Crippen LogP contribution in [0, 0.1) is 0 Å². The second-order valence-corrected chi connectivity index (χ2v) is 14.4. The standard InChI is InChI=1S/C51H31N5O/c1-4-15-32(16-5-1)49-52-50(33-17-6-2-7-18-33)54-51(53-49)34-27-30-43-40(31-34)38-28-29-39-46-44(56-41-23-12-10-21-36(41)37-22-11-13-24-42(37)56)25-14-26-45(46)57-48(39)47(38)55(43)35-19-8-3-9-20-35/h1-31H. The van der Waals surface area contributed by atoms with Crippen molar-refractivity contribution >= 4 is 65.6 Å². The molecule has 0 unspecified atom stereocenters. The molecule has 0 aliphatic heterocycles. The quantitative estimate of drug-likeness (QED) is 0.177. The highest BCUT2D eigenvalue weighted by molar-refractivity contribution is 6.23. The van der Waals surface area contributed by atoms with Gasteiger partial charge in [-0.2, -0.15) is 0 Å². The van der Waals surface area contributed by atoms with Crippen molar-refractivity contribution in [3.63, 3.8) is 0 Å². The average molecular weight is 730 g/mol. The van der Waals surface area contributed by atoms with Gasteiger partial charge in [0.2, 0.25) is 0 Å². The number of benzene rings is 8. The maximum Gasteiger partial charge on any atom is 0.164 e. The van der Waals surface area contributed by atoms with Crippen molar-refractivity contribution in [2.75, 3.05) is 0 Å². The predicted octanol–water partition coefficient (Wildman–Crippen LogP) is 13.0. The Labute approximate surface area is 326 Å². The zero-order valence-electron chi connectivity index (χ0n) is 30.5. The van der Waals surface area contributed by atoms with Gasteiger partial charge < -0.3 is 13.6 Å². The smallest absolute Gasteiger partial charge is 0.164 e. The Morgan fingerprint density at radius 1 is 0.368 bits per heavy atom. The summed E-state index contributed by atoms with van der Waals surface area (Å²) < 4.78 is 11.7. The Hall–Kier alpha value is -7.83. The lowest BCUT2D eigenvalue weighted by Crippen LogP contribution is -2.00. The van der Waals surface area contributed by atoms with Gasteiger partial charge in [-0.3, -0.25) is 0 Å². The van der Waals surface area contributed by atoms with E-state index < -0.39 is 0 Å². The van der Waals surface area contributed by atoms with E-state index in [9.17, 15) is 0 Å². The van der Waals surface area contributed by atoms with Gasteiger partial charge in [-0.15, -0.1) is 0 Å². The molecule has 0 fully saturated rings. The normalized spacial score (nSPS) is 11.9. The molecule has 8 aromatic carbocycles. The van der Waals surface area contributed by atoms with E-state index in [0.717, 1.165) is 82.8 Å². The number of para-hydroxylation sites is 3. The first-order chi connectivity index (χ1) is 28.3. The minimum absolute atomic E-state index is 0.617. The van der Waals surface area contributed by atoms with Crippen molar-refractivity contribution in [2.24, 2.45) is 0 Å². The molecule has 0 radical (unpaired) electrons. The fourth-order valence-electron chi connectivity index (χ4n) is 8.65. The number of nitrogens with zero attached hydrogens (tertiary/aromatic N) is 5. The highest BCUT2D eigenvalue weighted by atomic mass is 16.3. The summed E-state index contributed by atoms with van der Waals surface area (Å²) in [6.45, 7) is 0. The SMILES string of the molecule is c1ccc(-c2nc(-c3ccccc3)nc(-c3ccc4c(c3)c3ccc5c(oc6cccc(-n7c8ccccc8c8ccccc87)c65)c3n4-c3ccccc3)n2)cc1. The van der Waals surface area contributed by atoms with Gasteiger partial charge in [0.05, 0.1) is 33.1 Å². The average Bonchev–Trinajstić information content (AvgIpc) is 3.95.